The van der Waals surface area contributed by atoms with Crippen LogP contribution in [0.15, 0.2) is 42.6 Å². The van der Waals surface area contributed by atoms with Crippen LogP contribution in [-0.4, -0.2) is 112 Å². The second kappa shape index (κ2) is 13.2. The third-order valence-electron chi connectivity index (χ3n) is 9.01. The van der Waals surface area contributed by atoms with Crippen LogP contribution < -0.4 is 24.6 Å². The normalized spacial score (nSPS) is 19.9. The highest BCUT2D eigenvalue weighted by Gasteiger charge is 2.37. The molecule has 1 unspecified atom stereocenters. The van der Waals surface area contributed by atoms with Gasteiger partial charge in [-0.1, -0.05) is 23.7 Å². The Morgan fingerprint density at radius 2 is 1.80 bits per heavy atom. The maximum atomic E-state index is 12.7. The van der Waals surface area contributed by atoms with Crippen molar-refractivity contribution < 1.29 is 18.3 Å². The molecule has 2 fully saturated rings. The van der Waals surface area contributed by atoms with E-state index in [1.165, 1.54) is 10.5 Å². The average molecular weight is 657 g/mol. The van der Waals surface area contributed by atoms with Gasteiger partial charge in [0.1, 0.15) is 10.8 Å². The molecule has 3 N–H and O–H groups in total. The Bertz CT molecular complexity index is 1630. The molecular weight excluding hydrogens is 616 g/mol. The van der Waals surface area contributed by atoms with Crippen LogP contribution in [-0.2, 0) is 16.4 Å². The van der Waals surface area contributed by atoms with Gasteiger partial charge in [-0.3, -0.25) is 9.21 Å². The van der Waals surface area contributed by atoms with Crippen molar-refractivity contribution in [3.05, 3.63) is 53.2 Å². The van der Waals surface area contributed by atoms with Gasteiger partial charge in [0.05, 0.1) is 49.3 Å². The summed E-state index contributed by atoms with van der Waals surface area (Å²) >= 11 is 6.49. The fourth-order valence-corrected chi connectivity index (χ4v) is 8.00. The van der Waals surface area contributed by atoms with Crippen LogP contribution in [0.1, 0.15) is 18.4 Å². The van der Waals surface area contributed by atoms with Gasteiger partial charge in [0.15, 0.2) is 5.82 Å². The minimum Gasteiger partial charge on any atom is -0.494 e. The molecule has 12 nitrogen and oxygen atoms in total. The van der Waals surface area contributed by atoms with E-state index in [-0.39, 0.29) is 11.6 Å². The molecule has 1 atom stereocenters. The fourth-order valence-electron chi connectivity index (χ4n) is 6.63. The molecule has 2 aromatic carbocycles. The first kappa shape index (κ1) is 31.6. The summed E-state index contributed by atoms with van der Waals surface area (Å²) in [5, 5.41) is 16.6. The molecule has 0 amide bonds. The van der Waals surface area contributed by atoms with Gasteiger partial charge in [0.25, 0.3) is 0 Å². The number of likely N-dealkylation sites (N-methyl/N-ethyl adjacent to an activating group) is 1. The summed E-state index contributed by atoms with van der Waals surface area (Å²) in [5.74, 6) is 1.27. The third kappa shape index (κ3) is 6.77. The number of fused-ring (bicyclic) bond motifs is 1. The zero-order valence-electron chi connectivity index (χ0n) is 25.9. The summed E-state index contributed by atoms with van der Waals surface area (Å²) in [5.41, 5.74) is 3.62. The van der Waals surface area contributed by atoms with Crippen molar-refractivity contribution >= 4 is 56.1 Å². The van der Waals surface area contributed by atoms with Crippen LogP contribution in [0.2, 0.25) is 5.02 Å². The number of piperidine rings is 1. The number of piperazine rings is 1. The number of anilines is 6. The van der Waals surface area contributed by atoms with Crippen molar-refractivity contribution in [1.29, 1.82) is 0 Å². The molecule has 2 saturated heterocycles. The van der Waals surface area contributed by atoms with E-state index < -0.39 is 16.1 Å². The van der Waals surface area contributed by atoms with Gasteiger partial charge in [-0.15, -0.1) is 0 Å². The number of benzene rings is 2. The highest BCUT2D eigenvalue weighted by molar-refractivity contribution is 7.92. The molecule has 0 bridgehead atoms. The van der Waals surface area contributed by atoms with E-state index in [1.54, 1.807) is 13.2 Å². The van der Waals surface area contributed by atoms with Crippen LogP contribution >= 0.6 is 11.6 Å². The number of para-hydroxylation sites is 1. The summed E-state index contributed by atoms with van der Waals surface area (Å²) < 4.78 is 32.4. The Hall–Kier alpha value is -3.36. The number of nitrogens with zero attached hydrogens (tertiary/aromatic N) is 6. The lowest BCUT2D eigenvalue weighted by atomic mass is 10.0. The summed E-state index contributed by atoms with van der Waals surface area (Å²) in [7, 11) is 0.190. The van der Waals surface area contributed by atoms with E-state index in [1.807, 2.05) is 24.3 Å². The Labute approximate surface area is 270 Å². The van der Waals surface area contributed by atoms with Crippen molar-refractivity contribution in [2.75, 3.05) is 86.1 Å². The molecule has 14 heteroatoms. The number of aromatic nitrogens is 2. The maximum Gasteiger partial charge on any atom is 0.232 e. The summed E-state index contributed by atoms with van der Waals surface area (Å²) in [6, 6.07) is 11.6. The van der Waals surface area contributed by atoms with E-state index in [9.17, 15) is 13.5 Å². The molecule has 1 aromatic heterocycles. The van der Waals surface area contributed by atoms with Crippen molar-refractivity contribution in [3.63, 3.8) is 0 Å². The van der Waals surface area contributed by atoms with Gasteiger partial charge in [0.2, 0.25) is 16.0 Å². The molecule has 3 aromatic rings. The summed E-state index contributed by atoms with van der Waals surface area (Å²) in [4.78, 5) is 16.4. The minimum absolute atomic E-state index is 0.267. The predicted octanol–water partition coefficient (Wildman–Crippen LogP) is 3.53. The summed E-state index contributed by atoms with van der Waals surface area (Å²) in [6.45, 7) is 6.29. The zero-order valence-corrected chi connectivity index (χ0v) is 27.5. The van der Waals surface area contributed by atoms with Crippen LogP contribution in [0.4, 0.5) is 34.5 Å². The van der Waals surface area contributed by atoms with Crippen molar-refractivity contribution in [2.45, 2.75) is 31.3 Å². The molecule has 0 radical (unpaired) electrons. The molecule has 0 aliphatic carbocycles. The Balaban J connectivity index is 1.17. The van der Waals surface area contributed by atoms with E-state index in [0.29, 0.717) is 47.0 Å². The number of nitrogens with one attached hydrogen (secondary N) is 2. The molecular formula is C31H41ClN8O4S. The number of rotatable bonds is 9. The summed E-state index contributed by atoms with van der Waals surface area (Å²) in [6.07, 6.45) is 5.32. The number of sulfonamides is 1. The van der Waals surface area contributed by atoms with Gasteiger partial charge >= 0.3 is 0 Å². The number of hydrogen-bond donors (Lipinski definition) is 3. The fraction of sp³-hybridized carbons (Fsp3) is 0.484. The molecule has 0 spiro atoms. The lowest BCUT2D eigenvalue weighted by Gasteiger charge is -2.42. The zero-order chi connectivity index (χ0) is 31.7. The van der Waals surface area contributed by atoms with Gasteiger partial charge in [-0.05, 0) is 50.1 Å². The first-order valence-electron chi connectivity index (χ1n) is 15.3. The van der Waals surface area contributed by atoms with Gasteiger partial charge in [-0.2, -0.15) is 4.98 Å². The topological polar surface area (TPSA) is 126 Å². The third-order valence-corrected chi connectivity index (χ3v) is 10.5. The molecule has 45 heavy (non-hydrogen) atoms. The van der Waals surface area contributed by atoms with Crippen LogP contribution in [0.3, 0.4) is 0 Å². The van der Waals surface area contributed by atoms with E-state index in [0.717, 1.165) is 69.6 Å². The highest BCUT2D eigenvalue weighted by Crippen LogP contribution is 2.42. The molecule has 3 aliphatic heterocycles. The van der Waals surface area contributed by atoms with Crippen LogP contribution in [0.25, 0.3) is 0 Å². The first-order chi connectivity index (χ1) is 21.6. The molecule has 4 heterocycles. The number of aliphatic hydroxyl groups is 1. The monoisotopic (exact) mass is 656 g/mol. The van der Waals surface area contributed by atoms with Crippen molar-refractivity contribution in [1.82, 2.24) is 19.8 Å². The quantitative estimate of drug-likeness (QED) is 0.313. The Morgan fingerprint density at radius 1 is 1.04 bits per heavy atom. The molecule has 0 saturated carbocycles. The smallest absolute Gasteiger partial charge is 0.232 e. The standard InChI is InChI=1S/C31H41ClN8O4S/c1-37-13-15-39(16-14-37)22-9-11-38(12-10-22)23-7-8-26(28(18-23)44-2)35-31-33-19-25(32)30(36-31)34-27-6-4-5-21-17-24(20-41)40(29(21)27)45(3,42)43/h4-8,18-19,22,24,41H,9-17,20H2,1-3H3,(H2,33,34,35,36). The minimum atomic E-state index is -3.65. The first-order valence-corrected chi connectivity index (χ1v) is 17.5. The van der Waals surface area contributed by atoms with Crippen molar-refractivity contribution in [2.24, 2.45) is 0 Å². The number of aliphatic hydroxyl groups excluding tert-OH is 1. The average Bonchev–Trinajstić information content (AvgIpc) is 3.44. The number of hydrogen-bond acceptors (Lipinski definition) is 11. The Kier molecular flexibility index (Phi) is 9.25. The lowest BCUT2D eigenvalue weighted by molar-refractivity contribution is 0.0982. The largest absolute Gasteiger partial charge is 0.494 e. The maximum absolute atomic E-state index is 12.7. The molecule has 3 aliphatic rings. The van der Waals surface area contributed by atoms with E-state index in [2.05, 4.69) is 48.4 Å². The molecule has 6 rings (SSSR count). The number of ether oxygens (including phenoxy) is 1. The predicted molar refractivity (Wildman–Crippen MR) is 179 cm³/mol. The van der Waals surface area contributed by atoms with Gasteiger partial charge < -0.3 is 30.3 Å². The van der Waals surface area contributed by atoms with E-state index >= 15 is 0 Å². The van der Waals surface area contributed by atoms with Gasteiger partial charge in [-0.25, -0.2) is 13.4 Å². The SMILES string of the molecule is COc1cc(N2CCC(N3CCN(C)CC3)CC2)ccc1Nc1ncc(Cl)c(Nc2cccc3c2N(S(C)(=O)=O)C(CO)C3)n1. The van der Waals surface area contributed by atoms with Crippen molar-refractivity contribution in [3.8, 4) is 5.75 Å². The molecule has 242 valence electrons. The van der Waals surface area contributed by atoms with Gasteiger partial charge in [0, 0.05) is 57.1 Å². The lowest BCUT2D eigenvalue weighted by Crippen LogP contribution is -2.52. The Morgan fingerprint density at radius 3 is 2.49 bits per heavy atom. The van der Waals surface area contributed by atoms with Crippen LogP contribution in [0.5, 0.6) is 5.75 Å². The number of methoxy groups -OCH3 is 1. The number of halogens is 1. The van der Waals surface area contributed by atoms with Crippen LogP contribution in [0, 0.1) is 0 Å². The highest BCUT2D eigenvalue weighted by atomic mass is 35.5. The second-order valence-electron chi connectivity index (χ2n) is 12.0. The second-order valence-corrected chi connectivity index (χ2v) is 14.3. The van der Waals surface area contributed by atoms with E-state index in [4.69, 9.17) is 16.3 Å².